The molecule has 0 aromatic heterocycles. The topological polar surface area (TPSA) is 46.3 Å². The SMILES string of the molecule is CN(CC(N)=O)C1CCc2ccccc21. The smallest absolute Gasteiger partial charge is 0.231 e. The van der Waals surface area contributed by atoms with Crippen molar-refractivity contribution < 1.29 is 4.79 Å². The predicted molar refractivity (Wildman–Crippen MR) is 59.3 cm³/mol. The Morgan fingerprint density at radius 1 is 1.53 bits per heavy atom. The van der Waals surface area contributed by atoms with Crippen molar-refractivity contribution in [1.82, 2.24) is 4.90 Å². The van der Waals surface area contributed by atoms with Crippen LogP contribution in [0, 0.1) is 0 Å². The van der Waals surface area contributed by atoms with Crippen LogP contribution in [0.25, 0.3) is 0 Å². The number of carbonyl (C=O) groups excluding carboxylic acids is 1. The molecule has 1 aliphatic carbocycles. The summed E-state index contributed by atoms with van der Waals surface area (Å²) in [7, 11) is 1.96. The van der Waals surface area contributed by atoms with Crippen LogP contribution in [0.15, 0.2) is 24.3 Å². The van der Waals surface area contributed by atoms with Crippen LogP contribution in [0.5, 0.6) is 0 Å². The highest BCUT2D eigenvalue weighted by Gasteiger charge is 2.25. The number of hydrogen-bond acceptors (Lipinski definition) is 2. The zero-order chi connectivity index (χ0) is 10.8. The molecule has 0 radical (unpaired) electrons. The molecule has 1 unspecified atom stereocenters. The van der Waals surface area contributed by atoms with Gasteiger partial charge in [0.15, 0.2) is 0 Å². The summed E-state index contributed by atoms with van der Waals surface area (Å²) >= 11 is 0. The second-order valence-electron chi connectivity index (χ2n) is 4.13. The minimum absolute atomic E-state index is 0.262. The maximum Gasteiger partial charge on any atom is 0.231 e. The van der Waals surface area contributed by atoms with Gasteiger partial charge in [-0.3, -0.25) is 9.69 Å². The Morgan fingerprint density at radius 3 is 3.00 bits per heavy atom. The van der Waals surface area contributed by atoms with Crippen LogP contribution >= 0.6 is 0 Å². The molecule has 80 valence electrons. The molecule has 0 saturated heterocycles. The van der Waals surface area contributed by atoms with E-state index < -0.39 is 0 Å². The molecule has 2 rings (SSSR count). The predicted octanol–water partition coefficient (Wildman–Crippen LogP) is 1.09. The lowest BCUT2D eigenvalue weighted by molar-refractivity contribution is -0.119. The van der Waals surface area contributed by atoms with E-state index in [1.54, 1.807) is 0 Å². The Labute approximate surface area is 89.9 Å². The summed E-state index contributed by atoms with van der Waals surface area (Å²) in [6.07, 6.45) is 2.19. The maximum atomic E-state index is 10.9. The third kappa shape index (κ3) is 2.02. The summed E-state index contributed by atoms with van der Waals surface area (Å²) in [5, 5.41) is 0. The molecule has 0 heterocycles. The number of nitrogens with two attached hydrogens (primary N) is 1. The average molecular weight is 204 g/mol. The number of amides is 1. The molecule has 0 fully saturated rings. The highest BCUT2D eigenvalue weighted by Crippen LogP contribution is 2.34. The molecule has 1 amide bonds. The molecule has 0 bridgehead atoms. The fourth-order valence-electron chi connectivity index (χ4n) is 2.35. The van der Waals surface area contributed by atoms with Gasteiger partial charge < -0.3 is 5.73 Å². The Morgan fingerprint density at radius 2 is 2.27 bits per heavy atom. The van der Waals surface area contributed by atoms with E-state index in [1.807, 2.05) is 11.9 Å². The quantitative estimate of drug-likeness (QED) is 0.801. The standard InChI is InChI=1S/C12H16N2O/c1-14(8-12(13)15)11-7-6-9-4-2-3-5-10(9)11/h2-5,11H,6-8H2,1H3,(H2,13,15). The number of carbonyl (C=O) groups is 1. The van der Waals surface area contributed by atoms with Gasteiger partial charge in [0.2, 0.25) is 5.91 Å². The number of likely N-dealkylation sites (N-methyl/N-ethyl adjacent to an activating group) is 1. The van der Waals surface area contributed by atoms with Crippen molar-refractivity contribution in [3.05, 3.63) is 35.4 Å². The summed E-state index contributed by atoms with van der Waals surface area (Å²) < 4.78 is 0. The van der Waals surface area contributed by atoms with E-state index in [1.165, 1.54) is 11.1 Å². The van der Waals surface area contributed by atoms with Gasteiger partial charge in [-0.25, -0.2) is 0 Å². The number of rotatable bonds is 3. The molecule has 1 aromatic carbocycles. The van der Waals surface area contributed by atoms with E-state index in [4.69, 9.17) is 5.73 Å². The van der Waals surface area contributed by atoms with Crippen LogP contribution < -0.4 is 5.73 Å². The van der Waals surface area contributed by atoms with E-state index in [9.17, 15) is 4.79 Å². The van der Waals surface area contributed by atoms with Gasteiger partial charge in [0.1, 0.15) is 0 Å². The van der Waals surface area contributed by atoms with Gasteiger partial charge in [0.05, 0.1) is 6.54 Å². The van der Waals surface area contributed by atoms with Gasteiger partial charge >= 0.3 is 0 Å². The Kier molecular flexibility index (Phi) is 2.73. The summed E-state index contributed by atoms with van der Waals surface area (Å²) in [4.78, 5) is 12.9. The molecule has 3 nitrogen and oxygen atoms in total. The molecular formula is C12H16N2O. The summed E-state index contributed by atoms with van der Waals surface area (Å²) in [6, 6.07) is 8.77. The Balaban J connectivity index is 2.16. The molecule has 0 spiro atoms. The molecule has 0 saturated carbocycles. The second-order valence-corrected chi connectivity index (χ2v) is 4.13. The van der Waals surface area contributed by atoms with Crippen LogP contribution in [0.1, 0.15) is 23.6 Å². The number of nitrogens with zero attached hydrogens (tertiary/aromatic N) is 1. The van der Waals surface area contributed by atoms with Crippen molar-refractivity contribution in [3.63, 3.8) is 0 Å². The number of hydrogen-bond donors (Lipinski definition) is 1. The number of benzene rings is 1. The normalized spacial score (nSPS) is 19.2. The molecule has 1 atom stereocenters. The zero-order valence-electron chi connectivity index (χ0n) is 8.94. The Hall–Kier alpha value is -1.35. The summed E-state index contributed by atoms with van der Waals surface area (Å²) in [5.74, 6) is -0.262. The van der Waals surface area contributed by atoms with Crippen LogP contribution in [-0.2, 0) is 11.2 Å². The molecule has 3 heteroatoms. The van der Waals surface area contributed by atoms with Gasteiger partial charge in [0.25, 0.3) is 0 Å². The van der Waals surface area contributed by atoms with E-state index in [0.717, 1.165) is 12.8 Å². The highest BCUT2D eigenvalue weighted by atomic mass is 16.1. The zero-order valence-corrected chi connectivity index (χ0v) is 8.94. The third-order valence-corrected chi connectivity index (χ3v) is 3.04. The van der Waals surface area contributed by atoms with E-state index >= 15 is 0 Å². The molecule has 2 N–H and O–H groups in total. The second kappa shape index (κ2) is 4.03. The van der Waals surface area contributed by atoms with Crippen molar-refractivity contribution in [2.45, 2.75) is 18.9 Å². The van der Waals surface area contributed by atoms with Crippen molar-refractivity contribution in [3.8, 4) is 0 Å². The highest BCUT2D eigenvalue weighted by molar-refractivity contribution is 5.76. The largest absolute Gasteiger partial charge is 0.369 e. The van der Waals surface area contributed by atoms with E-state index in [0.29, 0.717) is 12.6 Å². The minimum Gasteiger partial charge on any atom is -0.369 e. The van der Waals surface area contributed by atoms with Crippen LogP contribution in [-0.4, -0.2) is 24.4 Å². The van der Waals surface area contributed by atoms with Crippen molar-refractivity contribution in [2.24, 2.45) is 5.73 Å². The number of primary amides is 1. The Bertz CT molecular complexity index is 376. The van der Waals surface area contributed by atoms with E-state index in [-0.39, 0.29) is 5.91 Å². The number of aryl methyl sites for hydroxylation is 1. The van der Waals surface area contributed by atoms with Crippen molar-refractivity contribution in [2.75, 3.05) is 13.6 Å². The molecule has 0 aliphatic heterocycles. The fraction of sp³-hybridized carbons (Fsp3) is 0.417. The number of fused-ring (bicyclic) bond motifs is 1. The van der Waals surface area contributed by atoms with Crippen LogP contribution in [0.3, 0.4) is 0 Å². The molecular weight excluding hydrogens is 188 g/mol. The lowest BCUT2D eigenvalue weighted by Gasteiger charge is -2.23. The van der Waals surface area contributed by atoms with Gasteiger partial charge in [0, 0.05) is 6.04 Å². The monoisotopic (exact) mass is 204 g/mol. The first kappa shape index (κ1) is 10.2. The maximum absolute atomic E-state index is 10.9. The molecule has 1 aromatic rings. The minimum atomic E-state index is -0.262. The van der Waals surface area contributed by atoms with Gasteiger partial charge in [-0.15, -0.1) is 0 Å². The first-order chi connectivity index (χ1) is 7.18. The first-order valence-electron chi connectivity index (χ1n) is 5.25. The summed E-state index contributed by atoms with van der Waals surface area (Å²) in [6.45, 7) is 0.332. The fourth-order valence-corrected chi connectivity index (χ4v) is 2.35. The molecule has 1 aliphatic rings. The van der Waals surface area contributed by atoms with E-state index in [2.05, 4.69) is 24.3 Å². The van der Waals surface area contributed by atoms with Crippen molar-refractivity contribution >= 4 is 5.91 Å². The van der Waals surface area contributed by atoms with Crippen LogP contribution in [0.2, 0.25) is 0 Å². The van der Waals surface area contributed by atoms with Crippen molar-refractivity contribution in [1.29, 1.82) is 0 Å². The lowest BCUT2D eigenvalue weighted by Crippen LogP contribution is -2.32. The first-order valence-corrected chi connectivity index (χ1v) is 5.25. The van der Waals surface area contributed by atoms with Crippen LogP contribution in [0.4, 0.5) is 0 Å². The van der Waals surface area contributed by atoms with Gasteiger partial charge in [-0.05, 0) is 31.0 Å². The van der Waals surface area contributed by atoms with Gasteiger partial charge in [-0.2, -0.15) is 0 Å². The summed E-state index contributed by atoms with van der Waals surface area (Å²) in [5.41, 5.74) is 7.95. The molecule has 15 heavy (non-hydrogen) atoms. The average Bonchev–Trinajstić information content (AvgIpc) is 2.59. The lowest BCUT2D eigenvalue weighted by atomic mass is 10.1. The van der Waals surface area contributed by atoms with Gasteiger partial charge in [-0.1, -0.05) is 24.3 Å². The third-order valence-electron chi connectivity index (χ3n) is 3.04.